The molecule has 0 spiro atoms. The van der Waals surface area contributed by atoms with E-state index in [-0.39, 0.29) is 12.4 Å². The van der Waals surface area contributed by atoms with Gasteiger partial charge in [-0.25, -0.2) is 4.39 Å². The predicted molar refractivity (Wildman–Crippen MR) is 75.4 cm³/mol. The zero-order valence-corrected chi connectivity index (χ0v) is 12.0. The van der Waals surface area contributed by atoms with Crippen LogP contribution in [0, 0.1) is 5.82 Å². The SMILES string of the molecule is O=C(COc1cc(F)cc(Br)c1)c1cccc(Cl)c1. The molecule has 0 bridgehead atoms. The molecule has 0 heterocycles. The first-order chi connectivity index (χ1) is 9.04. The summed E-state index contributed by atoms with van der Waals surface area (Å²) in [4.78, 5) is 11.9. The number of ketones is 1. The molecule has 0 unspecified atom stereocenters. The van der Waals surface area contributed by atoms with E-state index in [1.807, 2.05) is 0 Å². The molecule has 2 aromatic rings. The first kappa shape index (κ1) is 14.0. The van der Waals surface area contributed by atoms with Crippen LogP contribution in [0.25, 0.3) is 0 Å². The largest absolute Gasteiger partial charge is 0.485 e. The molecule has 0 N–H and O–H groups in total. The Hall–Kier alpha value is -1.39. The first-order valence-corrected chi connectivity index (χ1v) is 6.59. The van der Waals surface area contributed by atoms with E-state index >= 15 is 0 Å². The number of rotatable bonds is 4. The van der Waals surface area contributed by atoms with Gasteiger partial charge in [0.15, 0.2) is 12.4 Å². The highest BCUT2D eigenvalue weighted by Gasteiger charge is 2.08. The fraction of sp³-hybridized carbons (Fsp3) is 0.0714. The van der Waals surface area contributed by atoms with Crippen LogP contribution in [0.5, 0.6) is 5.75 Å². The summed E-state index contributed by atoms with van der Waals surface area (Å²) >= 11 is 8.95. The first-order valence-electron chi connectivity index (χ1n) is 5.42. The van der Waals surface area contributed by atoms with Gasteiger partial charge < -0.3 is 4.74 Å². The van der Waals surface area contributed by atoms with Crippen molar-refractivity contribution in [1.82, 2.24) is 0 Å². The maximum atomic E-state index is 13.1. The van der Waals surface area contributed by atoms with Gasteiger partial charge in [-0.2, -0.15) is 0 Å². The van der Waals surface area contributed by atoms with Crippen molar-refractivity contribution in [2.45, 2.75) is 0 Å². The molecule has 2 nitrogen and oxygen atoms in total. The summed E-state index contributed by atoms with van der Waals surface area (Å²) in [6.45, 7) is -0.170. The van der Waals surface area contributed by atoms with Crippen LogP contribution in [0.3, 0.4) is 0 Å². The van der Waals surface area contributed by atoms with Crippen LogP contribution in [0.15, 0.2) is 46.9 Å². The number of hydrogen-bond acceptors (Lipinski definition) is 2. The van der Waals surface area contributed by atoms with Gasteiger partial charge in [-0.3, -0.25) is 4.79 Å². The van der Waals surface area contributed by atoms with E-state index in [1.165, 1.54) is 12.1 Å². The molecule has 0 radical (unpaired) electrons. The van der Waals surface area contributed by atoms with Crippen LogP contribution < -0.4 is 4.74 Å². The Kier molecular flexibility index (Phi) is 4.56. The lowest BCUT2D eigenvalue weighted by molar-refractivity contribution is 0.0921. The Bertz CT molecular complexity index is 596. The molecule has 0 aliphatic carbocycles. The molecule has 2 aromatic carbocycles. The lowest BCUT2D eigenvalue weighted by Crippen LogP contribution is -2.11. The van der Waals surface area contributed by atoms with E-state index in [4.69, 9.17) is 16.3 Å². The highest BCUT2D eigenvalue weighted by Crippen LogP contribution is 2.21. The van der Waals surface area contributed by atoms with Crippen molar-refractivity contribution in [3.63, 3.8) is 0 Å². The summed E-state index contributed by atoms with van der Waals surface area (Å²) in [5.74, 6) is -0.357. The Balaban J connectivity index is 2.04. The van der Waals surface area contributed by atoms with Crippen LogP contribution >= 0.6 is 27.5 Å². The van der Waals surface area contributed by atoms with Crippen molar-refractivity contribution in [2.24, 2.45) is 0 Å². The van der Waals surface area contributed by atoms with Crippen molar-refractivity contribution in [1.29, 1.82) is 0 Å². The van der Waals surface area contributed by atoms with Crippen LogP contribution in [0.4, 0.5) is 4.39 Å². The van der Waals surface area contributed by atoms with Gasteiger partial charge in [-0.15, -0.1) is 0 Å². The Morgan fingerprint density at radius 1 is 1.26 bits per heavy atom. The molecule has 0 saturated carbocycles. The van der Waals surface area contributed by atoms with Gasteiger partial charge in [0, 0.05) is 21.1 Å². The summed E-state index contributed by atoms with van der Waals surface area (Å²) in [5, 5.41) is 0.486. The predicted octanol–water partition coefficient (Wildman–Crippen LogP) is 4.50. The monoisotopic (exact) mass is 342 g/mol. The smallest absolute Gasteiger partial charge is 0.200 e. The molecule has 5 heteroatoms. The lowest BCUT2D eigenvalue weighted by Gasteiger charge is -2.06. The molecule has 0 aliphatic heterocycles. The third-order valence-electron chi connectivity index (χ3n) is 2.35. The Morgan fingerprint density at radius 2 is 2.05 bits per heavy atom. The third-order valence-corrected chi connectivity index (χ3v) is 3.05. The summed E-state index contributed by atoms with van der Waals surface area (Å²) in [6, 6.07) is 10.7. The fourth-order valence-electron chi connectivity index (χ4n) is 1.51. The van der Waals surface area contributed by atoms with Crippen LogP contribution in [0.2, 0.25) is 5.02 Å². The van der Waals surface area contributed by atoms with Gasteiger partial charge >= 0.3 is 0 Å². The van der Waals surface area contributed by atoms with E-state index in [0.29, 0.717) is 20.8 Å². The summed E-state index contributed by atoms with van der Waals surface area (Å²) in [5.41, 5.74) is 0.461. The average molecular weight is 344 g/mol. The minimum absolute atomic E-state index is 0.170. The highest BCUT2D eigenvalue weighted by molar-refractivity contribution is 9.10. The number of benzene rings is 2. The molecule has 0 amide bonds. The number of hydrogen-bond donors (Lipinski definition) is 0. The molecule has 0 atom stereocenters. The van der Waals surface area contributed by atoms with Crippen molar-refractivity contribution in [2.75, 3.05) is 6.61 Å². The van der Waals surface area contributed by atoms with Gasteiger partial charge in [0.1, 0.15) is 11.6 Å². The number of halogens is 3. The average Bonchev–Trinajstić information content (AvgIpc) is 2.35. The standard InChI is InChI=1S/C14H9BrClFO2/c15-10-5-12(17)7-13(6-10)19-8-14(18)9-2-1-3-11(16)4-9/h1-7H,8H2. The minimum Gasteiger partial charge on any atom is -0.485 e. The van der Waals surface area contributed by atoms with E-state index in [0.717, 1.165) is 0 Å². The molecular weight excluding hydrogens is 335 g/mol. The van der Waals surface area contributed by atoms with Crippen LogP contribution in [-0.2, 0) is 0 Å². The molecule has 0 aromatic heterocycles. The maximum Gasteiger partial charge on any atom is 0.200 e. The van der Waals surface area contributed by atoms with Gasteiger partial charge in [-0.05, 0) is 24.3 Å². The molecule has 2 rings (SSSR count). The molecule has 98 valence electrons. The zero-order chi connectivity index (χ0) is 13.8. The van der Waals surface area contributed by atoms with Gasteiger partial charge in [0.25, 0.3) is 0 Å². The van der Waals surface area contributed by atoms with Crippen molar-refractivity contribution >= 4 is 33.3 Å². The quantitative estimate of drug-likeness (QED) is 0.764. The molecule has 19 heavy (non-hydrogen) atoms. The summed E-state index contributed by atoms with van der Waals surface area (Å²) in [6.07, 6.45) is 0. The van der Waals surface area contributed by atoms with Crippen molar-refractivity contribution in [3.05, 3.63) is 63.3 Å². The summed E-state index contributed by atoms with van der Waals surface area (Å²) in [7, 11) is 0. The van der Waals surface area contributed by atoms with Crippen LogP contribution in [0.1, 0.15) is 10.4 Å². The topological polar surface area (TPSA) is 26.3 Å². The Labute approximate surface area is 123 Å². The van der Waals surface area contributed by atoms with E-state index in [1.54, 1.807) is 30.3 Å². The van der Waals surface area contributed by atoms with Crippen molar-refractivity contribution < 1.29 is 13.9 Å². The number of Topliss-reactive ketones (excluding diaryl/α,β-unsaturated/α-hetero) is 1. The minimum atomic E-state index is -0.431. The number of carbonyl (C=O) groups excluding carboxylic acids is 1. The fourth-order valence-corrected chi connectivity index (χ4v) is 2.14. The third kappa shape index (κ3) is 4.04. The normalized spacial score (nSPS) is 10.3. The van der Waals surface area contributed by atoms with Gasteiger partial charge in [0.2, 0.25) is 0 Å². The molecule has 0 saturated heterocycles. The summed E-state index contributed by atoms with van der Waals surface area (Å²) < 4.78 is 18.9. The van der Waals surface area contributed by atoms with Crippen molar-refractivity contribution in [3.8, 4) is 5.75 Å². The lowest BCUT2D eigenvalue weighted by atomic mass is 10.1. The van der Waals surface area contributed by atoms with E-state index < -0.39 is 5.82 Å². The van der Waals surface area contributed by atoms with Gasteiger partial charge in [0.05, 0.1) is 0 Å². The molecular formula is C14H9BrClFO2. The molecule has 0 aliphatic rings. The number of ether oxygens (including phenoxy) is 1. The number of carbonyl (C=O) groups is 1. The maximum absolute atomic E-state index is 13.1. The highest BCUT2D eigenvalue weighted by atomic mass is 79.9. The van der Waals surface area contributed by atoms with E-state index in [9.17, 15) is 9.18 Å². The molecule has 0 fully saturated rings. The second kappa shape index (κ2) is 6.17. The van der Waals surface area contributed by atoms with E-state index in [2.05, 4.69) is 15.9 Å². The second-order valence-corrected chi connectivity index (χ2v) is 5.18. The zero-order valence-electron chi connectivity index (χ0n) is 9.70. The Morgan fingerprint density at radius 3 is 2.74 bits per heavy atom. The van der Waals surface area contributed by atoms with Gasteiger partial charge in [-0.1, -0.05) is 39.7 Å². The van der Waals surface area contributed by atoms with Crippen LogP contribution in [-0.4, -0.2) is 12.4 Å². The second-order valence-electron chi connectivity index (χ2n) is 3.83.